The number of H-pyrrole nitrogens is 1. The normalized spacial score (nSPS) is 12.1. The summed E-state index contributed by atoms with van der Waals surface area (Å²) >= 11 is 1.32. The van der Waals surface area contributed by atoms with Gasteiger partial charge in [-0.1, -0.05) is 0 Å². The summed E-state index contributed by atoms with van der Waals surface area (Å²) in [6.45, 7) is 0. The Morgan fingerprint density at radius 2 is 2.20 bits per heavy atom. The molecular weight excluding hydrogens is 234 g/mol. The number of fused-ring (bicyclic) bond motifs is 1. The molecule has 0 aliphatic heterocycles. The summed E-state index contributed by atoms with van der Waals surface area (Å²) in [6, 6.07) is 1.80. The van der Waals surface area contributed by atoms with Gasteiger partial charge in [-0.25, -0.2) is 8.42 Å². The lowest BCUT2D eigenvalue weighted by Gasteiger charge is -1.98. The molecule has 0 spiro atoms. The predicted octanol–water partition coefficient (Wildman–Crippen LogP) is 1.13. The smallest absolute Gasteiger partial charge is 0.203 e. The Bertz CT molecular complexity index is 651. The molecule has 0 atom stereocenters. The van der Waals surface area contributed by atoms with Crippen molar-refractivity contribution in [3.05, 3.63) is 33.4 Å². The summed E-state index contributed by atoms with van der Waals surface area (Å²) in [5.41, 5.74) is 0.860. The molecule has 0 amide bonds. The van der Waals surface area contributed by atoms with Crippen molar-refractivity contribution < 1.29 is 8.42 Å². The van der Waals surface area contributed by atoms with Crippen LogP contribution >= 0.6 is 11.3 Å². The molecule has 1 N–H and O–H groups in total. The van der Waals surface area contributed by atoms with Gasteiger partial charge in [-0.15, -0.1) is 11.3 Å². The van der Waals surface area contributed by atoms with Crippen LogP contribution in [-0.4, -0.2) is 19.7 Å². The molecule has 2 aromatic heterocycles. The monoisotopic (exact) mass is 243 g/mol. The molecule has 0 saturated heterocycles. The van der Waals surface area contributed by atoms with Gasteiger partial charge in [-0.2, -0.15) is 0 Å². The first-order valence-electron chi connectivity index (χ1n) is 4.23. The average molecular weight is 243 g/mol. The topological polar surface area (TPSA) is 67.0 Å². The van der Waals surface area contributed by atoms with E-state index >= 15 is 0 Å². The molecule has 2 rings (SSSR count). The van der Waals surface area contributed by atoms with Crippen molar-refractivity contribution in [3.8, 4) is 0 Å². The van der Waals surface area contributed by atoms with E-state index in [4.69, 9.17) is 0 Å². The van der Waals surface area contributed by atoms with Gasteiger partial charge in [0.1, 0.15) is 0 Å². The maximum atomic E-state index is 11.8. The summed E-state index contributed by atoms with van der Waals surface area (Å²) in [5, 5.41) is 1.80. The third-order valence-corrected chi connectivity index (χ3v) is 3.73. The summed E-state index contributed by atoms with van der Waals surface area (Å²) in [5.74, 6) is -0.212. The Labute approximate surface area is 90.5 Å². The fraction of sp³-hybridized carbons (Fsp3) is 0.222. The Kier molecular flexibility index (Phi) is 2.40. The molecule has 0 aliphatic carbocycles. The largest absolute Gasteiger partial charge is 0.360 e. The van der Waals surface area contributed by atoms with Crippen LogP contribution in [0.25, 0.3) is 10.2 Å². The molecule has 0 unspecified atom stereocenters. The number of hydrogen-bond donors (Lipinski definition) is 1. The highest BCUT2D eigenvalue weighted by Crippen LogP contribution is 2.15. The van der Waals surface area contributed by atoms with Gasteiger partial charge >= 0.3 is 0 Å². The quantitative estimate of drug-likeness (QED) is 0.860. The third-order valence-electron chi connectivity index (χ3n) is 1.98. The number of aromatic amines is 1. The molecule has 0 aromatic carbocycles. The standard InChI is InChI=1S/C9H9NO3S2/c1-15(12,13)5-6-4-10-7-2-3-14-9(7)8(6)11/h2-4H,5H2,1H3,(H,10,11). The first-order chi connectivity index (χ1) is 6.97. The lowest BCUT2D eigenvalue weighted by atomic mass is 10.3. The fourth-order valence-corrected chi connectivity index (χ4v) is 2.98. The number of nitrogens with one attached hydrogen (secondary N) is 1. The molecule has 15 heavy (non-hydrogen) atoms. The van der Waals surface area contributed by atoms with Crippen LogP contribution in [0.1, 0.15) is 5.56 Å². The Morgan fingerprint density at radius 3 is 2.87 bits per heavy atom. The van der Waals surface area contributed by atoms with Gasteiger partial charge in [0.2, 0.25) is 5.43 Å². The molecule has 0 bridgehead atoms. The van der Waals surface area contributed by atoms with Crippen LogP contribution in [-0.2, 0) is 15.6 Å². The molecule has 0 fully saturated rings. The number of rotatable bonds is 2. The van der Waals surface area contributed by atoms with Gasteiger partial charge in [-0.3, -0.25) is 4.79 Å². The first-order valence-corrected chi connectivity index (χ1v) is 7.17. The minimum atomic E-state index is -3.17. The average Bonchev–Trinajstić information content (AvgIpc) is 2.56. The van der Waals surface area contributed by atoms with Crippen LogP contribution in [0.5, 0.6) is 0 Å². The van der Waals surface area contributed by atoms with Crippen LogP contribution in [0.2, 0.25) is 0 Å². The summed E-state index contributed by atoms with van der Waals surface area (Å²) in [4.78, 5) is 14.7. The Hall–Kier alpha value is -1.14. The Balaban J connectivity index is 2.63. The molecular formula is C9H9NO3S2. The summed E-state index contributed by atoms with van der Waals surface area (Å²) in [7, 11) is -3.17. The van der Waals surface area contributed by atoms with Gasteiger partial charge in [0.05, 0.1) is 16.0 Å². The van der Waals surface area contributed by atoms with E-state index in [0.29, 0.717) is 10.3 Å². The van der Waals surface area contributed by atoms with Crippen molar-refractivity contribution in [2.75, 3.05) is 6.26 Å². The minimum absolute atomic E-state index is 0.191. The van der Waals surface area contributed by atoms with E-state index in [2.05, 4.69) is 4.98 Å². The van der Waals surface area contributed by atoms with Crippen molar-refractivity contribution >= 4 is 31.4 Å². The lowest BCUT2D eigenvalue weighted by Crippen LogP contribution is -2.13. The zero-order valence-corrected chi connectivity index (χ0v) is 9.61. The highest BCUT2D eigenvalue weighted by atomic mass is 32.2. The predicted molar refractivity (Wildman–Crippen MR) is 61.0 cm³/mol. The Morgan fingerprint density at radius 1 is 1.47 bits per heavy atom. The van der Waals surface area contributed by atoms with Crippen LogP contribution in [0, 0.1) is 0 Å². The van der Waals surface area contributed by atoms with Crippen molar-refractivity contribution in [1.29, 1.82) is 0 Å². The second-order valence-electron chi connectivity index (χ2n) is 3.38. The van der Waals surface area contributed by atoms with Crippen LogP contribution in [0.4, 0.5) is 0 Å². The number of hydrogen-bond acceptors (Lipinski definition) is 4. The molecule has 2 aromatic rings. The zero-order chi connectivity index (χ0) is 11.1. The first kappa shape index (κ1) is 10.4. The van der Waals surface area contributed by atoms with E-state index < -0.39 is 9.84 Å². The molecule has 80 valence electrons. The fourth-order valence-electron chi connectivity index (χ4n) is 1.36. The summed E-state index contributed by atoms with van der Waals surface area (Å²) < 4.78 is 22.7. The highest BCUT2D eigenvalue weighted by Gasteiger charge is 2.11. The van der Waals surface area contributed by atoms with Crippen molar-refractivity contribution in [2.45, 2.75) is 5.75 Å². The number of sulfone groups is 1. The van der Waals surface area contributed by atoms with E-state index in [1.54, 1.807) is 11.4 Å². The van der Waals surface area contributed by atoms with E-state index in [1.165, 1.54) is 17.5 Å². The van der Waals surface area contributed by atoms with Crippen LogP contribution in [0.15, 0.2) is 22.4 Å². The highest BCUT2D eigenvalue weighted by molar-refractivity contribution is 7.89. The van der Waals surface area contributed by atoms with E-state index in [1.807, 2.05) is 0 Å². The van der Waals surface area contributed by atoms with E-state index in [0.717, 1.165) is 11.8 Å². The molecule has 6 heteroatoms. The molecule has 4 nitrogen and oxygen atoms in total. The maximum Gasteiger partial charge on any atom is 0.203 e. The number of pyridine rings is 1. The van der Waals surface area contributed by atoms with Gasteiger partial charge in [0, 0.05) is 18.0 Å². The van der Waals surface area contributed by atoms with Gasteiger partial charge < -0.3 is 4.98 Å². The van der Waals surface area contributed by atoms with E-state index in [-0.39, 0.29) is 11.2 Å². The molecule has 0 radical (unpaired) electrons. The zero-order valence-electron chi connectivity index (χ0n) is 7.98. The molecule has 0 saturated carbocycles. The molecule has 2 heterocycles. The number of thiophene rings is 1. The van der Waals surface area contributed by atoms with Gasteiger partial charge in [0.15, 0.2) is 9.84 Å². The summed E-state index contributed by atoms with van der Waals surface area (Å²) in [6.07, 6.45) is 2.59. The second kappa shape index (κ2) is 3.46. The maximum absolute atomic E-state index is 11.8. The third kappa shape index (κ3) is 2.10. The van der Waals surface area contributed by atoms with Crippen molar-refractivity contribution in [1.82, 2.24) is 4.98 Å². The van der Waals surface area contributed by atoms with Crippen LogP contribution in [0.3, 0.4) is 0 Å². The van der Waals surface area contributed by atoms with Gasteiger partial charge in [-0.05, 0) is 11.4 Å². The second-order valence-corrected chi connectivity index (χ2v) is 6.43. The molecule has 0 aliphatic rings. The van der Waals surface area contributed by atoms with Crippen molar-refractivity contribution in [2.24, 2.45) is 0 Å². The number of aromatic nitrogens is 1. The van der Waals surface area contributed by atoms with Crippen LogP contribution < -0.4 is 5.43 Å². The minimum Gasteiger partial charge on any atom is -0.360 e. The van der Waals surface area contributed by atoms with Crippen molar-refractivity contribution in [3.63, 3.8) is 0 Å². The SMILES string of the molecule is CS(=O)(=O)Cc1c[nH]c2ccsc2c1=O. The van der Waals surface area contributed by atoms with E-state index in [9.17, 15) is 13.2 Å². The van der Waals surface area contributed by atoms with Gasteiger partial charge in [0.25, 0.3) is 0 Å². The lowest BCUT2D eigenvalue weighted by molar-refractivity contribution is 0.601.